The maximum Gasteiger partial charge on any atom is 0.340 e. The van der Waals surface area contributed by atoms with E-state index < -0.39 is 11.8 Å². The number of nitrogens with two attached hydrogens (primary N) is 1. The highest BCUT2D eigenvalue weighted by Gasteiger charge is 2.14. The smallest absolute Gasteiger partial charge is 0.340 e. The van der Waals surface area contributed by atoms with E-state index in [9.17, 15) is 9.18 Å². The van der Waals surface area contributed by atoms with Crippen molar-refractivity contribution in [1.29, 1.82) is 0 Å². The zero-order chi connectivity index (χ0) is 14.7. The highest BCUT2D eigenvalue weighted by molar-refractivity contribution is 6.31. The van der Waals surface area contributed by atoms with Gasteiger partial charge in [-0.1, -0.05) is 29.8 Å². The van der Waals surface area contributed by atoms with Gasteiger partial charge >= 0.3 is 5.97 Å². The van der Waals surface area contributed by atoms with Crippen LogP contribution in [-0.4, -0.2) is 5.97 Å². The zero-order valence-corrected chi connectivity index (χ0v) is 11.6. The molecule has 0 radical (unpaired) electrons. The standard InChI is InChI=1S/C15H13ClFNO2/c1-9-3-2-4-13(18)14(9)15(19)20-8-10-5-6-11(17)7-12(10)16/h2-7H,8,18H2,1H3. The first kappa shape index (κ1) is 14.3. The molecule has 0 saturated carbocycles. The van der Waals surface area contributed by atoms with Gasteiger partial charge in [0.25, 0.3) is 0 Å². The maximum atomic E-state index is 12.9. The fourth-order valence-corrected chi connectivity index (χ4v) is 2.05. The van der Waals surface area contributed by atoms with Crippen LogP contribution in [0.15, 0.2) is 36.4 Å². The fourth-order valence-electron chi connectivity index (χ4n) is 1.82. The number of esters is 1. The maximum absolute atomic E-state index is 12.9. The third-order valence-electron chi connectivity index (χ3n) is 2.88. The molecular weight excluding hydrogens is 281 g/mol. The number of carbonyl (C=O) groups excluding carboxylic acids is 1. The van der Waals surface area contributed by atoms with Crippen LogP contribution >= 0.6 is 11.6 Å². The van der Waals surface area contributed by atoms with Gasteiger partial charge in [0.05, 0.1) is 10.6 Å². The molecule has 0 bridgehead atoms. The van der Waals surface area contributed by atoms with E-state index in [0.29, 0.717) is 16.8 Å². The Morgan fingerprint density at radius 1 is 1.35 bits per heavy atom. The molecule has 0 aliphatic heterocycles. The summed E-state index contributed by atoms with van der Waals surface area (Å²) in [6, 6.07) is 9.08. The minimum absolute atomic E-state index is 0.0360. The molecule has 2 aromatic rings. The average Bonchev–Trinajstić information content (AvgIpc) is 2.37. The van der Waals surface area contributed by atoms with Gasteiger partial charge in [0.1, 0.15) is 12.4 Å². The first-order chi connectivity index (χ1) is 9.49. The van der Waals surface area contributed by atoms with Crippen LogP contribution < -0.4 is 5.73 Å². The largest absolute Gasteiger partial charge is 0.457 e. The fraction of sp³-hybridized carbons (Fsp3) is 0.133. The van der Waals surface area contributed by atoms with E-state index >= 15 is 0 Å². The van der Waals surface area contributed by atoms with Crippen molar-refractivity contribution in [3.05, 3.63) is 63.9 Å². The Hall–Kier alpha value is -2.07. The molecule has 0 amide bonds. The lowest BCUT2D eigenvalue weighted by atomic mass is 10.1. The molecule has 0 fully saturated rings. The summed E-state index contributed by atoms with van der Waals surface area (Å²) in [6.07, 6.45) is 0. The highest BCUT2D eigenvalue weighted by atomic mass is 35.5. The molecule has 20 heavy (non-hydrogen) atoms. The molecule has 0 atom stereocenters. The van der Waals surface area contributed by atoms with Gasteiger partial charge < -0.3 is 10.5 Å². The normalized spacial score (nSPS) is 10.3. The molecule has 0 unspecified atom stereocenters. The number of halogens is 2. The Balaban J connectivity index is 2.13. The number of aryl methyl sites for hydroxylation is 1. The number of benzene rings is 2. The van der Waals surface area contributed by atoms with E-state index in [1.165, 1.54) is 18.2 Å². The summed E-state index contributed by atoms with van der Waals surface area (Å²) >= 11 is 5.87. The van der Waals surface area contributed by atoms with Crippen LogP contribution in [-0.2, 0) is 11.3 Å². The van der Waals surface area contributed by atoms with Gasteiger partial charge in [0.15, 0.2) is 0 Å². The Kier molecular flexibility index (Phi) is 4.25. The summed E-state index contributed by atoms with van der Waals surface area (Å²) < 4.78 is 18.1. The summed E-state index contributed by atoms with van der Waals surface area (Å²) in [5.41, 5.74) is 7.74. The van der Waals surface area contributed by atoms with Crippen molar-refractivity contribution in [2.24, 2.45) is 0 Å². The van der Waals surface area contributed by atoms with Gasteiger partial charge in [-0.3, -0.25) is 0 Å². The Labute approximate surface area is 121 Å². The van der Waals surface area contributed by atoms with E-state index in [1.54, 1.807) is 25.1 Å². The first-order valence-corrected chi connectivity index (χ1v) is 6.33. The lowest BCUT2D eigenvalue weighted by molar-refractivity contribution is 0.0473. The van der Waals surface area contributed by atoms with Crippen LogP contribution in [0.25, 0.3) is 0 Å². The number of carbonyl (C=O) groups is 1. The number of rotatable bonds is 3. The summed E-state index contributed by atoms with van der Waals surface area (Å²) in [7, 11) is 0. The summed E-state index contributed by atoms with van der Waals surface area (Å²) in [5, 5.41) is 0.218. The van der Waals surface area contributed by atoms with E-state index in [-0.39, 0.29) is 11.6 Å². The van der Waals surface area contributed by atoms with Crippen LogP contribution in [0.2, 0.25) is 5.02 Å². The van der Waals surface area contributed by atoms with Crippen molar-refractivity contribution >= 4 is 23.3 Å². The lowest BCUT2D eigenvalue weighted by Crippen LogP contribution is -2.10. The molecule has 104 valence electrons. The summed E-state index contributed by atoms with van der Waals surface area (Å²) in [5.74, 6) is -0.964. The molecule has 2 rings (SSSR count). The van der Waals surface area contributed by atoms with Crippen LogP contribution in [0, 0.1) is 12.7 Å². The Morgan fingerprint density at radius 3 is 2.75 bits per heavy atom. The molecule has 3 nitrogen and oxygen atoms in total. The number of anilines is 1. The van der Waals surface area contributed by atoms with E-state index in [2.05, 4.69) is 0 Å². The number of hydrogen-bond donors (Lipinski definition) is 1. The first-order valence-electron chi connectivity index (χ1n) is 5.95. The number of hydrogen-bond acceptors (Lipinski definition) is 3. The van der Waals surface area contributed by atoms with Gasteiger partial charge in [0, 0.05) is 11.3 Å². The third-order valence-corrected chi connectivity index (χ3v) is 3.23. The van der Waals surface area contributed by atoms with Crippen molar-refractivity contribution < 1.29 is 13.9 Å². The van der Waals surface area contributed by atoms with Gasteiger partial charge in [-0.15, -0.1) is 0 Å². The van der Waals surface area contributed by atoms with Gasteiger partial charge in [-0.05, 0) is 30.7 Å². The summed E-state index contributed by atoms with van der Waals surface area (Å²) in [6.45, 7) is 1.74. The zero-order valence-electron chi connectivity index (χ0n) is 10.8. The topological polar surface area (TPSA) is 52.3 Å². The molecule has 0 saturated heterocycles. The Morgan fingerprint density at radius 2 is 2.10 bits per heavy atom. The van der Waals surface area contributed by atoms with Gasteiger partial charge in [0.2, 0.25) is 0 Å². The molecular formula is C15H13ClFNO2. The minimum Gasteiger partial charge on any atom is -0.457 e. The second-order valence-corrected chi connectivity index (χ2v) is 4.76. The van der Waals surface area contributed by atoms with Gasteiger partial charge in [-0.25, -0.2) is 9.18 Å². The average molecular weight is 294 g/mol. The summed E-state index contributed by atoms with van der Waals surface area (Å²) in [4.78, 5) is 12.0. The van der Waals surface area contributed by atoms with E-state index in [1.807, 2.05) is 0 Å². The van der Waals surface area contributed by atoms with Crippen LogP contribution in [0.5, 0.6) is 0 Å². The van der Waals surface area contributed by atoms with Crippen LogP contribution in [0.3, 0.4) is 0 Å². The third kappa shape index (κ3) is 3.08. The highest BCUT2D eigenvalue weighted by Crippen LogP contribution is 2.21. The van der Waals surface area contributed by atoms with Crippen LogP contribution in [0.4, 0.5) is 10.1 Å². The molecule has 0 aliphatic rings. The van der Waals surface area contributed by atoms with E-state index in [0.717, 1.165) is 5.56 Å². The van der Waals surface area contributed by atoms with Crippen molar-refractivity contribution in [1.82, 2.24) is 0 Å². The molecule has 0 spiro atoms. The monoisotopic (exact) mass is 293 g/mol. The molecule has 2 N–H and O–H groups in total. The quantitative estimate of drug-likeness (QED) is 0.693. The van der Waals surface area contributed by atoms with Crippen molar-refractivity contribution in [3.63, 3.8) is 0 Å². The Bertz CT molecular complexity index is 638. The molecule has 2 aromatic carbocycles. The van der Waals surface area contributed by atoms with Crippen molar-refractivity contribution in [2.45, 2.75) is 13.5 Å². The van der Waals surface area contributed by atoms with Crippen molar-refractivity contribution in [3.8, 4) is 0 Å². The SMILES string of the molecule is Cc1cccc(N)c1C(=O)OCc1ccc(F)cc1Cl. The molecule has 0 heterocycles. The lowest BCUT2D eigenvalue weighted by Gasteiger charge is -2.10. The second-order valence-electron chi connectivity index (χ2n) is 4.35. The van der Waals surface area contributed by atoms with E-state index in [4.69, 9.17) is 22.1 Å². The minimum atomic E-state index is -0.527. The van der Waals surface area contributed by atoms with Crippen molar-refractivity contribution in [2.75, 3.05) is 5.73 Å². The molecule has 0 aliphatic carbocycles. The van der Waals surface area contributed by atoms with Gasteiger partial charge in [-0.2, -0.15) is 0 Å². The second kappa shape index (κ2) is 5.92. The molecule has 0 aromatic heterocycles. The molecule has 5 heteroatoms. The predicted octanol–water partition coefficient (Wildman–Crippen LogP) is 3.73. The predicted molar refractivity (Wildman–Crippen MR) is 76.1 cm³/mol. The van der Waals surface area contributed by atoms with Crippen LogP contribution in [0.1, 0.15) is 21.5 Å². The number of ether oxygens (including phenoxy) is 1. The number of nitrogen functional groups attached to an aromatic ring is 1.